The van der Waals surface area contributed by atoms with Crippen LogP contribution in [0.1, 0.15) is 53.4 Å². The second-order valence-corrected chi connectivity index (χ2v) is 5.40. The molecule has 4 unspecified atom stereocenters. The third-order valence-electron chi connectivity index (χ3n) is 3.51. The van der Waals surface area contributed by atoms with Crippen molar-refractivity contribution in [1.29, 1.82) is 0 Å². The minimum Gasteiger partial charge on any atom is -0.462 e. The molecule has 0 aromatic heterocycles. The van der Waals surface area contributed by atoms with Gasteiger partial charge in [0.1, 0.15) is 0 Å². The Hall–Kier alpha value is -0.610. The molecular formula is C15H30O4. The van der Waals surface area contributed by atoms with Crippen molar-refractivity contribution in [2.24, 2.45) is 5.92 Å². The van der Waals surface area contributed by atoms with Crippen LogP contribution < -0.4 is 0 Å². The molecule has 0 saturated heterocycles. The van der Waals surface area contributed by atoms with E-state index in [-0.39, 0.29) is 30.2 Å². The molecule has 0 aliphatic heterocycles. The molecule has 0 N–H and O–H groups in total. The molecule has 4 atom stereocenters. The van der Waals surface area contributed by atoms with E-state index in [9.17, 15) is 4.79 Å². The highest BCUT2D eigenvalue weighted by Gasteiger charge is 2.18. The topological polar surface area (TPSA) is 44.8 Å². The van der Waals surface area contributed by atoms with Crippen LogP contribution >= 0.6 is 0 Å². The van der Waals surface area contributed by atoms with E-state index in [1.807, 2.05) is 27.7 Å². The first-order valence-corrected chi connectivity index (χ1v) is 7.16. The molecule has 0 aromatic rings. The maximum Gasteiger partial charge on any atom is 0.308 e. The molecule has 0 radical (unpaired) electrons. The van der Waals surface area contributed by atoms with Crippen molar-refractivity contribution in [2.45, 2.75) is 71.7 Å². The summed E-state index contributed by atoms with van der Waals surface area (Å²) in [6.45, 7) is 7.87. The number of ether oxygens (including phenoxy) is 3. The van der Waals surface area contributed by atoms with Gasteiger partial charge in [-0.2, -0.15) is 0 Å². The highest BCUT2D eigenvalue weighted by atomic mass is 16.5. The Morgan fingerprint density at radius 1 is 0.789 bits per heavy atom. The van der Waals surface area contributed by atoms with Crippen LogP contribution in [-0.2, 0) is 19.0 Å². The van der Waals surface area contributed by atoms with E-state index in [2.05, 4.69) is 0 Å². The van der Waals surface area contributed by atoms with E-state index in [0.29, 0.717) is 0 Å². The van der Waals surface area contributed by atoms with E-state index in [1.165, 1.54) is 0 Å². The predicted octanol–water partition coefficient (Wildman–Crippen LogP) is 3.18. The van der Waals surface area contributed by atoms with Crippen molar-refractivity contribution < 1.29 is 19.0 Å². The lowest BCUT2D eigenvalue weighted by Gasteiger charge is -2.19. The number of carbonyl (C=O) groups excluding carboxylic acids is 1. The highest BCUT2D eigenvalue weighted by molar-refractivity contribution is 5.72. The summed E-state index contributed by atoms with van der Waals surface area (Å²) in [5.41, 5.74) is 0. The number of methoxy groups -OCH3 is 2. The smallest absolute Gasteiger partial charge is 0.308 e. The van der Waals surface area contributed by atoms with Crippen LogP contribution in [-0.4, -0.2) is 38.5 Å². The summed E-state index contributed by atoms with van der Waals surface area (Å²) in [6.07, 6.45) is 3.77. The molecule has 0 fully saturated rings. The summed E-state index contributed by atoms with van der Waals surface area (Å²) < 4.78 is 15.8. The summed E-state index contributed by atoms with van der Waals surface area (Å²) in [7, 11) is 3.38. The van der Waals surface area contributed by atoms with Gasteiger partial charge in [0.25, 0.3) is 0 Å². The van der Waals surface area contributed by atoms with E-state index in [4.69, 9.17) is 14.2 Å². The average Bonchev–Trinajstić information content (AvgIpc) is 2.41. The van der Waals surface area contributed by atoms with Crippen molar-refractivity contribution in [3.63, 3.8) is 0 Å². The van der Waals surface area contributed by atoms with Crippen LogP contribution in [0.5, 0.6) is 0 Å². The Morgan fingerprint density at radius 3 is 1.68 bits per heavy atom. The lowest BCUT2D eigenvalue weighted by Crippen LogP contribution is -2.23. The van der Waals surface area contributed by atoms with Gasteiger partial charge in [-0.05, 0) is 46.5 Å². The number of carbonyl (C=O) groups is 1. The number of hydrogen-bond donors (Lipinski definition) is 0. The van der Waals surface area contributed by atoms with Gasteiger partial charge in [0, 0.05) is 14.2 Å². The van der Waals surface area contributed by atoms with Crippen molar-refractivity contribution in [1.82, 2.24) is 0 Å². The number of hydrogen-bond acceptors (Lipinski definition) is 4. The van der Waals surface area contributed by atoms with Gasteiger partial charge < -0.3 is 14.2 Å². The maximum atomic E-state index is 11.9. The summed E-state index contributed by atoms with van der Waals surface area (Å²) in [6, 6.07) is 0. The number of rotatable bonds is 10. The molecule has 114 valence electrons. The fourth-order valence-corrected chi connectivity index (χ4v) is 1.68. The minimum atomic E-state index is -0.110. The molecule has 0 amide bonds. The van der Waals surface area contributed by atoms with Gasteiger partial charge in [0.15, 0.2) is 0 Å². The summed E-state index contributed by atoms with van der Waals surface area (Å²) >= 11 is 0. The Balaban J connectivity index is 3.87. The van der Waals surface area contributed by atoms with Gasteiger partial charge in [-0.25, -0.2) is 0 Å². The molecule has 0 bridgehead atoms. The zero-order valence-corrected chi connectivity index (χ0v) is 13.3. The first-order valence-electron chi connectivity index (χ1n) is 7.16. The molecule has 4 nitrogen and oxygen atoms in total. The molecule has 0 heterocycles. The Labute approximate surface area is 117 Å². The third kappa shape index (κ3) is 9.00. The third-order valence-corrected chi connectivity index (χ3v) is 3.51. The van der Waals surface area contributed by atoms with Gasteiger partial charge >= 0.3 is 5.97 Å². The lowest BCUT2D eigenvalue weighted by atomic mass is 10.0. The molecule has 0 aromatic carbocycles. The summed E-state index contributed by atoms with van der Waals surface area (Å²) in [5.74, 6) is -0.180. The first-order chi connectivity index (χ1) is 8.90. The maximum absolute atomic E-state index is 11.9. The normalized spacial score (nSPS) is 17.6. The fraction of sp³-hybridized carbons (Fsp3) is 0.933. The van der Waals surface area contributed by atoms with Gasteiger partial charge in [-0.1, -0.05) is 6.92 Å². The van der Waals surface area contributed by atoms with Crippen molar-refractivity contribution in [2.75, 3.05) is 14.2 Å². The van der Waals surface area contributed by atoms with Crippen LogP contribution in [0.4, 0.5) is 0 Å². The molecule has 0 spiro atoms. The molecule has 0 aliphatic carbocycles. The van der Waals surface area contributed by atoms with E-state index >= 15 is 0 Å². The van der Waals surface area contributed by atoms with Crippen LogP contribution in [0.25, 0.3) is 0 Å². The lowest BCUT2D eigenvalue weighted by molar-refractivity contribution is -0.153. The summed E-state index contributed by atoms with van der Waals surface area (Å²) in [5, 5.41) is 0. The van der Waals surface area contributed by atoms with Crippen molar-refractivity contribution >= 4 is 5.97 Å². The van der Waals surface area contributed by atoms with Crippen LogP contribution in [0.2, 0.25) is 0 Å². The molecular weight excluding hydrogens is 244 g/mol. The van der Waals surface area contributed by atoms with Crippen LogP contribution in [0.15, 0.2) is 0 Å². The van der Waals surface area contributed by atoms with E-state index < -0.39 is 0 Å². The van der Waals surface area contributed by atoms with Gasteiger partial charge in [-0.3, -0.25) is 4.79 Å². The van der Waals surface area contributed by atoms with Gasteiger partial charge in [0.05, 0.1) is 24.2 Å². The largest absolute Gasteiger partial charge is 0.462 e. The monoisotopic (exact) mass is 274 g/mol. The van der Waals surface area contributed by atoms with Gasteiger partial charge in [-0.15, -0.1) is 0 Å². The SMILES string of the molecule is COC(C)CCC(C)OC(=O)C(C)CCC(C)OC. The van der Waals surface area contributed by atoms with Gasteiger partial charge in [0.2, 0.25) is 0 Å². The first kappa shape index (κ1) is 18.4. The Kier molecular flexibility index (Phi) is 9.88. The summed E-state index contributed by atoms with van der Waals surface area (Å²) in [4.78, 5) is 11.9. The highest BCUT2D eigenvalue weighted by Crippen LogP contribution is 2.14. The Bertz CT molecular complexity index is 242. The zero-order chi connectivity index (χ0) is 14.8. The standard InChI is InChI=1S/C15H30O4/c1-11(7-8-12(2)17-5)15(16)19-14(4)10-9-13(3)18-6/h11-14H,7-10H2,1-6H3. The zero-order valence-electron chi connectivity index (χ0n) is 13.3. The van der Waals surface area contributed by atoms with Crippen LogP contribution in [0, 0.1) is 5.92 Å². The quantitative estimate of drug-likeness (QED) is 0.574. The van der Waals surface area contributed by atoms with Crippen molar-refractivity contribution in [3.05, 3.63) is 0 Å². The molecule has 0 aliphatic rings. The molecule has 4 heteroatoms. The molecule has 19 heavy (non-hydrogen) atoms. The van der Waals surface area contributed by atoms with Crippen molar-refractivity contribution in [3.8, 4) is 0 Å². The molecule has 0 saturated carbocycles. The molecule has 0 rings (SSSR count). The second-order valence-electron chi connectivity index (χ2n) is 5.40. The fourth-order valence-electron chi connectivity index (χ4n) is 1.68. The Morgan fingerprint density at radius 2 is 1.21 bits per heavy atom. The minimum absolute atomic E-state index is 0.0487. The second kappa shape index (κ2) is 10.2. The average molecular weight is 274 g/mol. The number of esters is 1. The van der Waals surface area contributed by atoms with E-state index in [1.54, 1.807) is 14.2 Å². The van der Waals surface area contributed by atoms with Crippen LogP contribution in [0.3, 0.4) is 0 Å². The van der Waals surface area contributed by atoms with E-state index in [0.717, 1.165) is 25.7 Å². The predicted molar refractivity (Wildman–Crippen MR) is 76.1 cm³/mol.